The number of halogens is 1. The van der Waals surface area contributed by atoms with Crippen LogP contribution in [0.25, 0.3) is 11.3 Å². The molecule has 2 amide bonds. The van der Waals surface area contributed by atoms with E-state index in [1.807, 2.05) is 62.4 Å². The summed E-state index contributed by atoms with van der Waals surface area (Å²) in [7, 11) is 0. The molecule has 3 aromatic rings. The number of hydrogen-bond acceptors (Lipinski definition) is 3. The zero-order chi connectivity index (χ0) is 21.5. The van der Waals surface area contributed by atoms with Crippen molar-refractivity contribution in [1.29, 1.82) is 0 Å². The minimum absolute atomic E-state index is 0.00525. The first-order valence-electron chi connectivity index (χ1n) is 9.94. The molecule has 0 aliphatic carbocycles. The highest BCUT2D eigenvalue weighted by atomic mass is 35.5. The van der Waals surface area contributed by atoms with Gasteiger partial charge in [-0.15, -0.1) is 0 Å². The predicted molar refractivity (Wildman–Crippen MR) is 120 cm³/mol. The SMILES string of the molecule is CCN(CC(=O)Nc1cc(Cl)ccc1C)C(=O)CCc1ccc(-c2ccccc2)o1. The van der Waals surface area contributed by atoms with Gasteiger partial charge >= 0.3 is 0 Å². The summed E-state index contributed by atoms with van der Waals surface area (Å²) in [6.45, 7) is 4.20. The van der Waals surface area contributed by atoms with Gasteiger partial charge in [0.05, 0.1) is 6.54 Å². The van der Waals surface area contributed by atoms with Gasteiger partial charge in [-0.25, -0.2) is 0 Å². The van der Waals surface area contributed by atoms with Crippen molar-refractivity contribution in [3.63, 3.8) is 0 Å². The van der Waals surface area contributed by atoms with Gasteiger partial charge in [0.25, 0.3) is 0 Å². The standard InChI is InChI=1S/C24H25ClN2O3/c1-3-27(16-23(28)26-21-15-19(25)10-9-17(21)2)24(29)14-12-20-11-13-22(30-20)18-7-5-4-6-8-18/h4-11,13,15H,3,12,14,16H2,1-2H3,(H,26,28). The molecule has 0 saturated carbocycles. The zero-order valence-electron chi connectivity index (χ0n) is 17.2. The summed E-state index contributed by atoms with van der Waals surface area (Å²) in [5.41, 5.74) is 2.56. The highest BCUT2D eigenvalue weighted by Gasteiger charge is 2.17. The van der Waals surface area contributed by atoms with E-state index in [9.17, 15) is 9.59 Å². The van der Waals surface area contributed by atoms with Crippen LogP contribution in [0.1, 0.15) is 24.7 Å². The molecule has 2 aromatic carbocycles. The molecule has 30 heavy (non-hydrogen) atoms. The van der Waals surface area contributed by atoms with Gasteiger partial charge < -0.3 is 14.6 Å². The lowest BCUT2D eigenvalue weighted by molar-refractivity contribution is -0.134. The Morgan fingerprint density at radius 1 is 1.07 bits per heavy atom. The van der Waals surface area contributed by atoms with E-state index < -0.39 is 0 Å². The van der Waals surface area contributed by atoms with Crippen LogP contribution in [0.15, 0.2) is 65.1 Å². The predicted octanol–water partition coefficient (Wildman–Crippen LogP) is 5.33. The van der Waals surface area contributed by atoms with Crippen LogP contribution in [0.3, 0.4) is 0 Å². The Morgan fingerprint density at radius 2 is 1.83 bits per heavy atom. The number of carbonyl (C=O) groups is 2. The van der Waals surface area contributed by atoms with Crippen molar-refractivity contribution in [2.45, 2.75) is 26.7 Å². The molecule has 0 spiro atoms. The Hall–Kier alpha value is -3.05. The van der Waals surface area contributed by atoms with E-state index in [1.165, 1.54) is 4.90 Å². The highest BCUT2D eigenvalue weighted by molar-refractivity contribution is 6.31. The number of anilines is 1. The van der Waals surface area contributed by atoms with Crippen LogP contribution in [-0.2, 0) is 16.0 Å². The maximum Gasteiger partial charge on any atom is 0.244 e. The van der Waals surface area contributed by atoms with E-state index in [1.54, 1.807) is 12.1 Å². The molecule has 1 N–H and O–H groups in total. The smallest absolute Gasteiger partial charge is 0.244 e. The minimum atomic E-state index is -0.250. The number of benzene rings is 2. The molecular formula is C24H25ClN2O3. The molecule has 0 fully saturated rings. The number of furan rings is 1. The number of nitrogens with zero attached hydrogens (tertiary/aromatic N) is 1. The second kappa shape index (κ2) is 10.1. The molecular weight excluding hydrogens is 400 g/mol. The molecule has 6 heteroatoms. The summed E-state index contributed by atoms with van der Waals surface area (Å²) >= 11 is 6.00. The Labute approximate surface area is 181 Å². The lowest BCUT2D eigenvalue weighted by atomic mass is 10.2. The average molecular weight is 425 g/mol. The maximum atomic E-state index is 12.6. The summed E-state index contributed by atoms with van der Waals surface area (Å²) in [6.07, 6.45) is 0.760. The van der Waals surface area contributed by atoms with E-state index in [-0.39, 0.29) is 24.8 Å². The van der Waals surface area contributed by atoms with E-state index in [2.05, 4.69) is 5.32 Å². The molecule has 0 unspecified atom stereocenters. The van der Waals surface area contributed by atoms with Crippen LogP contribution in [0.4, 0.5) is 5.69 Å². The monoisotopic (exact) mass is 424 g/mol. The van der Waals surface area contributed by atoms with Crippen LogP contribution in [0.5, 0.6) is 0 Å². The third kappa shape index (κ3) is 5.74. The van der Waals surface area contributed by atoms with Crippen molar-refractivity contribution >= 4 is 29.1 Å². The topological polar surface area (TPSA) is 62.6 Å². The van der Waals surface area contributed by atoms with Crippen LogP contribution >= 0.6 is 11.6 Å². The molecule has 0 aliphatic heterocycles. The van der Waals surface area contributed by atoms with Gasteiger partial charge in [-0.3, -0.25) is 9.59 Å². The Balaban J connectivity index is 1.54. The first kappa shape index (κ1) is 21.7. The fourth-order valence-corrected chi connectivity index (χ4v) is 3.30. The summed E-state index contributed by atoms with van der Waals surface area (Å²) < 4.78 is 5.86. The van der Waals surface area contributed by atoms with Crippen molar-refractivity contribution in [3.8, 4) is 11.3 Å². The van der Waals surface area contributed by atoms with Crippen molar-refractivity contribution in [2.75, 3.05) is 18.4 Å². The number of amides is 2. The number of rotatable bonds is 8. The number of carbonyl (C=O) groups excluding carboxylic acids is 2. The quantitative estimate of drug-likeness (QED) is 0.531. The van der Waals surface area contributed by atoms with Crippen molar-refractivity contribution in [2.24, 2.45) is 0 Å². The molecule has 5 nitrogen and oxygen atoms in total. The molecule has 0 atom stereocenters. The van der Waals surface area contributed by atoms with Crippen LogP contribution in [0.2, 0.25) is 5.02 Å². The molecule has 0 saturated heterocycles. The molecule has 0 radical (unpaired) electrons. The van der Waals surface area contributed by atoms with Crippen LogP contribution in [-0.4, -0.2) is 29.8 Å². The molecule has 156 valence electrons. The summed E-state index contributed by atoms with van der Waals surface area (Å²) in [4.78, 5) is 26.6. The number of likely N-dealkylation sites (N-methyl/N-ethyl adjacent to an activating group) is 1. The van der Waals surface area contributed by atoms with E-state index >= 15 is 0 Å². The van der Waals surface area contributed by atoms with Crippen LogP contribution < -0.4 is 5.32 Å². The van der Waals surface area contributed by atoms with Gasteiger partial charge in [-0.05, 0) is 43.7 Å². The third-order valence-corrected chi connectivity index (χ3v) is 5.08. The fourth-order valence-electron chi connectivity index (χ4n) is 3.13. The van der Waals surface area contributed by atoms with Gasteiger partial charge in [0, 0.05) is 35.7 Å². The summed E-state index contributed by atoms with van der Waals surface area (Å²) in [5, 5.41) is 3.38. The van der Waals surface area contributed by atoms with Crippen LogP contribution in [0, 0.1) is 6.92 Å². The Bertz CT molecular complexity index is 1010. The van der Waals surface area contributed by atoms with Gasteiger partial charge in [0.1, 0.15) is 11.5 Å². The Kier molecular flexibility index (Phi) is 7.31. The van der Waals surface area contributed by atoms with Gasteiger partial charge in [-0.1, -0.05) is 48.0 Å². The first-order chi connectivity index (χ1) is 14.5. The normalized spacial score (nSPS) is 10.6. The number of nitrogens with one attached hydrogen (secondary N) is 1. The molecule has 0 bridgehead atoms. The summed E-state index contributed by atoms with van der Waals surface area (Å²) in [6, 6.07) is 18.9. The van der Waals surface area contributed by atoms with Crippen molar-refractivity contribution < 1.29 is 14.0 Å². The van der Waals surface area contributed by atoms with Crippen molar-refractivity contribution in [3.05, 3.63) is 77.0 Å². The third-order valence-electron chi connectivity index (χ3n) is 4.85. The van der Waals surface area contributed by atoms with Gasteiger partial charge in [-0.2, -0.15) is 0 Å². The van der Waals surface area contributed by atoms with Gasteiger partial charge in [0.2, 0.25) is 11.8 Å². The second-order valence-corrected chi connectivity index (χ2v) is 7.48. The van der Waals surface area contributed by atoms with E-state index in [4.69, 9.17) is 16.0 Å². The largest absolute Gasteiger partial charge is 0.461 e. The molecule has 3 rings (SSSR count). The molecule has 1 heterocycles. The lowest BCUT2D eigenvalue weighted by Gasteiger charge is -2.20. The average Bonchev–Trinajstić information content (AvgIpc) is 3.22. The molecule has 1 aromatic heterocycles. The number of hydrogen-bond donors (Lipinski definition) is 1. The Morgan fingerprint density at radius 3 is 2.57 bits per heavy atom. The minimum Gasteiger partial charge on any atom is -0.461 e. The highest BCUT2D eigenvalue weighted by Crippen LogP contribution is 2.23. The lowest BCUT2D eigenvalue weighted by Crippen LogP contribution is -2.38. The maximum absolute atomic E-state index is 12.6. The first-order valence-corrected chi connectivity index (χ1v) is 10.3. The summed E-state index contributed by atoms with van der Waals surface area (Å²) in [5.74, 6) is 1.19. The van der Waals surface area contributed by atoms with E-state index in [0.717, 1.165) is 22.6 Å². The zero-order valence-corrected chi connectivity index (χ0v) is 17.9. The second-order valence-electron chi connectivity index (χ2n) is 7.05. The fraction of sp³-hybridized carbons (Fsp3) is 0.250. The van der Waals surface area contributed by atoms with E-state index in [0.29, 0.717) is 23.7 Å². The number of aryl methyl sites for hydroxylation is 2. The molecule has 0 aliphatic rings. The van der Waals surface area contributed by atoms with Crippen molar-refractivity contribution in [1.82, 2.24) is 4.90 Å². The van der Waals surface area contributed by atoms with Gasteiger partial charge in [0.15, 0.2) is 0 Å².